The predicted octanol–water partition coefficient (Wildman–Crippen LogP) is 3.79. The molecular weight excluding hydrogens is 376 g/mol. The highest BCUT2D eigenvalue weighted by Crippen LogP contribution is 2.45. The highest BCUT2D eigenvalue weighted by molar-refractivity contribution is 7.17. The van der Waals surface area contributed by atoms with Crippen molar-refractivity contribution in [2.24, 2.45) is 0 Å². The molecule has 150 valence electrons. The summed E-state index contributed by atoms with van der Waals surface area (Å²) in [6, 6.07) is 5.78. The number of para-hydroxylation sites is 1. The van der Waals surface area contributed by atoms with Crippen LogP contribution in [-0.4, -0.2) is 51.9 Å². The van der Waals surface area contributed by atoms with Crippen molar-refractivity contribution in [3.8, 4) is 17.4 Å². The Balaban J connectivity index is 1.89. The molecule has 1 aliphatic heterocycles. The van der Waals surface area contributed by atoms with Crippen molar-refractivity contribution in [3.63, 3.8) is 0 Å². The first-order chi connectivity index (χ1) is 13.6. The topological polar surface area (TPSA) is 72.1 Å². The molecule has 1 aliphatic rings. The Labute approximate surface area is 168 Å². The minimum atomic E-state index is -0.142. The van der Waals surface area contributed by atoms with E-state index in [1.807, 2.05) is 19.1 Å². The summed E-state index contributed by atoms with van der Waals surface area (Å²) in [7, 11) is 3.30. The normalized spacial score (nSPS) is 16.8. The third-order valence-corrected chi connectivity index (χ3v) is 6.36. The molecule has 1 atom stereocenters. The lowest BCUT2D eigenvalue weighted by molar-refractivity contribution is 0.227. The Bertz CT molecular complexity index is 960. The van der Waals surface area contributed by atoms with Gasteiger partial charge in [-0.15, -0.1) is 5.10 Å². The maximum absolute atomic E-state index is 11.0. The van der Waals surface area contributed by atoms with Crippen molar-refractivity contribution < 1.29 is 14.6 Å². The van der Waals surface area contributed by atoms with Gasteiger partial charge in [0.25, 0.3) is 0 Å². The summed E-state index contributed by atoms with van der Waals surface area (Å²) < 4.78 is 12.8. The van der Waals surface area contributed by atoms with Crippen LogP contribution in [0.3, 0.4) is 0 Å². The summed E-state index contributed by atoms with van der Waals surface area (Å²) in [6.07, 6.45) is 4.75. The van der Waals surface area contributed by atoms with Crippen LogP contribution in [0.2, 0.25) is 0 Å². The van der Waals surface area contributed by atoms with Crippen molar-refractivity contribution in [2.45, 2.75) is 38.6 Å². The van der Waals surface area contributed by atoms with Gasteiger partial charge in [-0.05, 0) is 38.9 Å². The van der Waals surface area contributed by atoms with Crippen molar-refractivity contribution in [1.29, 1.82) is 0 Å². The van der Waals surface area contributed by atoms with E-state index >= 15 is 0 Å². The third kappa shape index (κ3) is 3.31. The molecule has 4 rings (SSSR count). The molecule has 7 nitrogen and oxygen atoms in total. The summed E-state index contributed by atoms with van der Waals surface area (Å²) in [5.74, 6) is 2.20. The van der Waals surface area contributed by atoms with Gasteiger partial charge in [0, 0.05) is 5.56 Å². The molecule has 0 radical (unpaired) electrons. The van der Waals surface area contributed by atoms with Crippen LogP contribution >= 0.6 is 11.3 Å². The van der Waals surface area contributed by atoms with Crippen molar-refractivity contribution >= 4 is 16.3 Å². The minimum Gasteiger partial charge on any atom is -0.493 e. The number of likely N-dealkylation sites (tertiary alicyclic amines) is 1. The van der Waals surface area contributed by atoms with Gasteiger partial charge in [-0.2, -0.15) is 4.52 Å². The second kappa shape index (κ2) is 7.97. The van der Waals surface area contributed by atoms with Gasteiger partial charge in [0.2, 0.25) is 10.8 Å². The van der Waals surface area contributed by atoms with Gasteiger partial charge in [-0.25, -0.2) is 4.98 Å². The van der Waals surface area contributed by atoms with E-state index in [4.69, 9.17) is 9.47 Å². The Morgan fingerprint density at radius 2 is 1.86 bits per heavy atom. The van der Waals surface area contributed by atoms with Gasteiger partial charge >= 0.3 is 0 Å². The van der Waals surface area contributed by atoms with Crippen LogP contribution in [0.25, 0.3) is 4.96 Å². The zero-order valence-corrected chi connectivity index (χ0v) is 17.3. The number of aromatic nitrogens is 3. The quantitative estimate of drug-likeness (QED) is 0.700. The van der Waals surface area contributed by atoms with Crippen LogP contribution in [0.1, 0.15) is 48.0 Å². The zero-order chi connectivity index (χ0) is 19.7. The van der Waals surface area contributed by atoms with Crippen LogP contribution in [0.15, 0.2) is 18.2 Å². The van der Waals surface area contributed by atoms with E-state index in [0.29, 0.717) is 22.3 Å². The Morgan fingerprint density at radius 1 is 1.11 bits per heavy atom. The second-order valence-corrected chi connectivity index (χ2v) is 8.09. The molecule has 0 spiro atoms. The molecule has 1 N–H and O–H groups in total. The Morgan fingerprint density at radius 3 is 2.50 bits per heavy atom. The number of fused-ring (bicyclic) bond motifs is 1. The molecule has 1 fully saturated rings. The molecule has 0 bridgehead atoms. The van der Waals surface area contributed by atoms with Crippen LogP contribution < -0.4 is 9.47 Å². The smallest absolute Gasteiger partial charge is 0.230 e. The van der Waals surface area contributed by atoms with Crippen LogP contribution in [0.4, 0.5) is 0 Å². The van der Waals surface area contributed by atoms with Gasteiger partial charge in [-0.3, -0.25) is 4.90 Å². The molecule has 3 aromatic rings. The van der Waals surface area contributed by atoms with E-state index in [1.165, 1.54) is 28.7 Å². The summed E-state index contributed by atoms with van der Waals surface area (Å²) in [5.41, 5.74) is 0.986. The van der Waals surface area contributed by atoms with Crippen molar-refractivity contribution in [3.05, 3.63) is 34.5 Å². The SMILES string of the molecule is COc1cccc([C@H](c2sc3nc(C)nn3c2O)N2CCCCCC2)c1OC. The third-order valence-electron chi connectivity index (χ3n) is 5.29. The summed E-state index contributed by atoms with van der Waals surface area (Å²) in [4.78, 5) is 8.42. The lowest BCUT2D eigenvalue weighted by atomic mass is 10.0. The lowest BCUT2D eigenvalue weighted by Gasteiger charge is -2.31. The van der Waals surface area contributed by atoms with Crippen LogP contribution in [0.5, 0.6) is 17.4 Å². The molecule has 0 aliphatic carbocycles. The number of aromatic hydroxyl groups is 1. The zero-order valence-electron chi connectivity index (χ0n) is 16.5. The lowest BCUT2D eigenvalue weighted by Crippen LogP contribution is -2.30. The number of rotatable bonds is 5. The molecule has 28 heavy (non-hydrogen) atoms. The number of thiazole rings is 1. The highest BCUT2D eigenvalue weighted by Gasteiger charge is 2.32. The number of aryl methyl sites for hydroxylation is 1. The average Bonchev–Trinajstić information content (AvgIpc) is 3.06. The maximum atomic E-state index is 11.0. The first-order valence-corrected chi connectivity index (χ1v) is 10.5. The van der Waals surface area contributed by atoms with Crippen molar-refractivity contribution in [1.82, 2.24) is 19.5 Å². The largest absolute Gasteiger partial charge is 0.493 e. The molecule has 0 amide bonds. The van der Waals surface area contributed by atoms with Gasteiger partial charge < -0.3 is 14.6 Å². The van der Waals surface area contributed by atoms with Crippen LogP contribution in [0, 0.1) is 6.92 Å². The van der Waals surface area contributed by atoms with Crippen LogP contribution in [-0.2, 0) is 0 Å². The molecule has 2 aromatic heterocycles. The fourth-order valence-electron chi connectivity index (χ4n) is 4.01. The molecular formula is C20H26N4O3S. The number of methoxy groups -OCH3 is 2. The van der Waals surface area contributed by atoms with E-state index in [-0.39, 0.29) is 11.9 Å². The summed E-state index contributed by atoms with van der Waals surface area (Å²) in [6.45, 7) is 3.77. The first kappa shape index (κ1) is 19.0. The highest BCUT2D eigenvalue weighted by atomic mass is 32.1. The van der Waals surface area contributed by atoms with Crippen molar-refractivity contribution in [2.75, 3.05) is 27.3 Å². The van der Waals surface area contributed by atoms with Gasteiger partial charge in [-0.1, -0.05) is 36.3 Å². The predicted molar refractivity (Wildman–Crippen MR) is 109 cm³/mol. The molecule has 1 aromatic carbocycles. The second-order valence-electron chi connectivity index (χ2n) is 7.08. The van der Waals surface area contributed by atoms with Gasteiger partial charge in [0.15, 0.2) is 11.5 Å². The van der Waals surface area contributed by atoms with Gasteiger partial charge in [0.1, 0.15) is 5.82 Å². The number of hydrogen-bond acceptors (Lipinski definition) is 7. The van der Waals surface area contributed by atoms with E-state index in [2.05, 4.69) is 21.0 Å². The Kier molecular flexibility index (Phi) is 5.41. The number of nitrogens with zero attached hydrogens (tertiary/aromatic N) is 4. The molecule has 1 saturated heterocycles. The van der Waals surface area contributed by atoms with Gasteiger partial charge in [0.05, 0.1) is 25.1 Å². The molecule has 0 saturated carbocycles. The average molecular weight is 403 g/mol. The van der Waals surface area contributed by atoms with E-state index < -0.39 is 0 Å². The molecule has 0 unspecified atom stereocenters. The molecule has 3 heterocycles. The fourth-order valence-corrected chi connectivity index (χ4v) is 5.16. The van der Waals surface area contributed by atoms with E-state index in [9.17, 15) is 5.11 Å². The van der Waals surface area contributed by atoms with E-state index in [1.54, 1.807) is 14.2 Å². The monoisotopic (exact) mass is 402 g/mol. The number of ether oxygens (including phenoxy) is 2. The number of hydrogen-bond donors (Lipinski definition) is 1. The fraction of sp³-hybridized carbons (Fsp3) is 0.500. The first-order valence-electron chi connectivity index (χ1n) is 9.64. The maximum Gasteiger partial charge on any atom is 0.230 e. The minimum absolute atomic E-state index is 0.142. The van der Waals surface area contributed by atoms with E-state index in [0.717, 1.165) is 36.4 Å². The summed E-state index contributed by atoms with van der Waals surface area (Å²) in [5, 5.41) is 15.3. The Hall–Kier alpha value is -2.32. The summed E-state index contributed by atoms with van der Waals surface area (Å²) >= 11 is 1.48. The number of benzene rings is 1. The standard InChI is InChI=1S/C20H26N4O3S/c1-13-21-20-24(22-13)19(25)18(28-20)16(23-11-6-4-5-7-12-23)14-9-8-10-15(26-2)17(14)27-3/h8-10,16,25H,4-7,11-12H2,1-3H3/t16-/m1/s1. The molecule has 8 heteroatoms.